The number of hydrogen-bond acceptors (Lipinski definition) is 3. The van der Waals surface area contributed by atoms with Gasteiger partial charge in [-0.2, -0.15) is 0 Å². The largest absolute Gasteiger partial charge is 0.229 e. The SMILES string of the molecule is Cn1nnnc1-c1ccccc1C1C(c2ccccc2)=Cc2ccccc21. The number of aryl methyl sites for hydroxylation is 1. The Morgan fingerprint density at radius 1 is 0.778 bits per heavy atom. The summed E-state index contributed by atoms with van der Waals surface area (Å²) in [6.07, 6.45) is 2.31. The highest BCUT2D eigenvalue weighted by Gasteiger charge is 2.30. The average molecular weight is 350 g/mol. The molecule has 0 amide bonds. The van der Waals surface area contributed by atoms with Crippen LogP contribution in [0, 0.1) is 0 Å². The molecule has 1 unspecified atom stereocenters. The number of nitrogens with zero attached hydrogens (tertiary/aromatic N) is 4. The lowest BCUT2D eigenvalue weighted by molar-refractivity contribution is 0.714. The van der Waals surface area contributed by atoms with Gasteiger partial charge in [-0.15, -0.1) is 5.10 Å². The fourth-order valence-corrected chi connectivity index (χ4v) is 3.95. The van der Waals surface area contributed by atoms with E-state index in [2.05, 4.69) is 94.4 Å². The molecule has 0 radical (unpaired) electrons. The highest BCUT2D eigenvalue weighted by Crippen LogP contribution is 2.47. The zero-order valence-corrected chi connectivity index (χ0v) is 14.9. The maximum atomic E-state index is 4.25. The molecule has 1 aliphatic rings. The van der Waals surface area contributed by atoms with E-state index in [9.17, 15) is 0 Å². The molecule has 1 aromatic heterocycles. The molecular formula is C23H18N4. The van der Waals surface area contributed by atoms with Crippen molar-refractivity contribution < 1.29 is 0 Å². The molecule has 0 saturated heterocycles. The van der Waals surface area contributed by atoms with Crippen molar-refractivity contribution in [3.05, 3.63) is 101 Å². The van der Waals surface area contributed by atoms with Gasteiger partial charge in [-0.3, -0.25) is 0 Å². The summed E-state index contributed by atoms with van der Waals surface area (Å²) < 4.78 is 1.73. The molecule has 4 nitrogen and oxygen atoms in total. The van der Waals surface area contributed by atoms with E-state index in [4.69, 9.17) is 0 Å². The first kappa shape index (κ1) is 15.7. The van der Waals surface area contributed by atoms with Gasteiger partial charge in [-0.1, -0.05) is 78.9 Å². The lowest BCUT2D eigenvalue weighted by atomic mass is 9.83. The Labute approximate surface area is 157 Å². The molecule has 1 aliphatic carbocycles. The maximum absolute atomic E-state index is 4.25. The van der Waals surface area contributed by atoms with E-state index in [0.717, 1.165) is 11.4 Å². The number of allylic oxidation sites excluding steroid dienone is 1. The summed E-state index contributed by atoms with van der Waals surface area (Å²) in [5.74, 6) is 0.930. The van der Waals surface area contributed by atoms with Crippen molar-refractivity contribution in [2.75, 3.05) is 0 Å². The van der Waals surface area contributed by atoms with Gasteiger partial charge in [0.15, 0.2) is 5.82 Å². The van der Waals surface area contributed by atoms with Crippen molar-refractivity contribution in [1.29, 1.82) is 0 Å². The third-order valence-electron chi connectivity index (χ3n) is 5.17. The van der Waals surface area contributed by atoms with Gasteiger partial charge in [-0.25, -0.2) is 4.68 Å². The predicted molar refractivity (Wildman–Crippen MR) is 107 cm³/mol. The number of rotatable bonds is 3. The quantitative estimate of drug-likeness (QED) is 0.544. The van der Waals surface area contributed by atoms with Crippen molar-refractivity contribution in [2.24, 2.45) is 7.05 Å². The first-order chi connectivity index (χ1) is 13.3. The van der Waals surface area contributed by atoms with Crippen LogP contribution in [0.4, 0.5) is 0 Å². The summed E-state index contributed by atoms with van der Waals surface area (Å²) in [7, 11) is 1.88. The molecular weight excluding hydrogens is 332 g/mol. The third kappa shape index (κ3) is 2.57. The van der Waals surface area contributed by atoms with Crippen LogP contribution in [0.2, 0.25) is 0 Å². The van der Waals surface area contributed by atoms with Gasteiger partial charge < -0.3 is 0 Å². The number of aromatic nitrogens is 4. The van der Waals surface area contributed by atoms with Crippen LogP contribution < -0.4 is 0 Å². The first-order valence-electron chi connectivity index (χ1n) is 9.00. The average Bonchev–Trinajstić information content (AvgIpc) is 3.32. The van der Waals surface area contributed by atoms with Crippen molar-refractivity contribution >= 4 is 11.6 Å². The van der Waals surface area contributed by atoms with Crippen LogP contribution in [0.3, 0.4) is 0 Å². The third-order valence-corrected chi connectivity index (χ3v) is 5.17. The fraction of sp³-hybridized carbons (Fsp3) is 0.0870. The smallest absolute Gasteiger partial charge is 0.182 e. The van der Waals surface area contributed by atoms with Crippen molar-refractivity contribution in [3.8, 4) is 11.4 Å². The molecule has 4 heteroatoms. The second-order valence-corrected chi connectivity index (χ2v) is 6.74. The minimum absolute atomic E-state index is 0.150. The molecule has 0 aliphatic heterocycles. The van der Waals surface area contributed by atoms with Gasteiger partial charge in [0.1, 0.15) is 0 Å². The normalized spacial score (nSPS) is 15.4. The predicted octanol–water partition coefficient (Wildman–Crippen LogP) is 4.56. The van der Waals surface area contributed by atoms with Crippen LogP contribution in [0.25, 0.3) is 23.0 Å². The van der Waals surface area contributed by atoms with E-state index in [1.165, 1.54) is 27.8 Å². The Bertz CT molecular complexity index is 1140. The second-order valence-electron chi connectivity index (χ2n) is 6.74. The van der Waals surface area contributed by atoms with Crippen molar-refractivity contribution in [2.45, 2.75) is 5.92 Å². The Kier molecular flexibility index (Phi) is 3.68. The van der Waals surface area contributed by atoms with Crippen LogP contribution >= 0.6 is 0 Å². The topological polar surface area (TPSA) is 43.6 Å². The highest BCUT2D eigenvalue weighted by molar-refractivity contribution is 5.94. The first-order valence-corrected chi connectivity index (χ1v) is 9.00. The van der Waals surface area contributed by atoms with E-state index >= 15 is 0 Å². The Hall–Kier alpha value is -3.53. The summed E-state index contributed by atoms with van der Waals surface area (Å²) in [4.78, 5) is 0. The molecule has 0 saturated carbocycles. The van der Waals surface area contributed by atoms with Gasteiger partial charge in [-0.05, 0) is 44.3 Å². The van der Waals surface area contributed by atoms with Crippen LogP contribution in [0.15, 0.2) is 78.9 Å². The maximum Gasteiger partial charge on any atom is 0.182 e. The summed E-state index contributed by atoms with van der Waals surface area (Å²) in [6, 6.07) is 27.6. The molecule has 4 aromatic rings. The highest BCUT2D eigenvalue weighted by atomic mass is 15.5. The molecule has 1 atom stereocenters. The summed E-state index contributed by atoms with van der Waals surface area (Å²) in [5.41, 5.74) is 7.42. The second kappa shape index (κ2) is 6.32. The van der Waals surface area contributed by atoms with E-state index < -0.39 is 0 Å². The monoisotopic (exact) mass is 350 g/mol. The molecule has 0 bridgehead atoms. The van der Waals surface area contributed by atoms with Gasteiger partial charge in [0, 0.05) is 18.5 Å². The zero-order valence-electron chi connectivity index (χ0n) is 14.9. The van der Waals surface area contributed by atoms with Gasteiger partial charge in [0.2, 0.25) is 0 Å². The van der Waals surface area contributed by atoms with Gasteiger partial charge >= 0.3 is 0 Å². The molecule has 27 heavy (non-hydrogen) atoms. The molecule has 5 rings (SSSR count). The Balaban J connectivity index is 1.74. The molecule has 0 N–H and O–H groups in total. The van der Waals surface area contributed by atoms with E-state index in [1.807, 2.05) is 13.1 Å². The number of benzene rings is 3. The van der Waals surface area contributed by atoms with E-state index in [0.29, 0.717) is 0 Å². The number of fused-ring (bicyclic) bond motifs is 1. The van der Waals surface area contributed by atoms with E-state index in [1.54, 1.807) is 4.68 Å². The molecule has 0 spiro atoms. The lowest BCUT2D eigenvalue weighted by Gasteiger charge is -2.20. The van der Waals surface area contributed by atoms with Crippen LogP contribution in [0.5, 0.6) is 0 Å². The number of tetrazole rings is 1. The lowest BCUT2D eigenvalue weighted by Crippen LogP contribution is -2.05. The molecule has 0 fully saturated rings. The van der Waals surface area contributed by atoms with Crippen LogP contribution in [-0.2, 0) is 7.05 Å². The van der Waals surface area contributed by atoms with Crippen molar-refractivity contribution in [1.82, 2.24) is 20.2 Å². The fourth-order valence-electron chi connectivity index (χ4n) is 3.95. The zero-order chi connectivity index (χ0) is 18.2. The molecule has 1 heterocycles. The van der Waals surface area contributed by atoms with Crippen molar-refractivity contribution in [3.63, 3.8) is 0 Å². The standard InChI is InChI=1S/C23H18N4/c1-27-23(24-25-26-27)20-14-8-7-13-19(20)22-18-12-6-5-11-17(18)15-21(22)16-9-3-2-4-10-16/h2-15,22H,1H3. The molecule has 130 valence electrons. The summed E-state index contributed by atoms with van der Waals surface area (Å²) in [5, 5.41) is 12.1. The number of hydrogen-bond donors (Lipinski definition) is 0. The summed E-state index contributed by atoms with van der Waals surface area (Å²) in [6.45, 7) is 0. The van der Waals surface area contributed by atoms with Gasteiger partial charge in [0.25, 0.3) is 0 Å². The van der Waals surface area contributed by atoms with E-state index in [-0.39, 0.29) is 5.92 Å². The van der Waals surface area contributed by atoms with Crippen LogP contribution in [0.1, 0.15) is 28.2 Å². The minimum Gasteiger partial charge on any atom is -0.229 e. The van der Waals surface area contributed by atoms with Crippen LogP contribution in [-0.4, -0.2) is 20.2 Å². The Morgan fingerprint density at radius 2 is 1.48 bits per heavy atom. The van der Waals surface area contributed by atoms with Gasteiger partial charge in [0.05, 0.1) is 0 Å². The molecule has 3 aromatic carbocycles. The minimum atomic E-state index is 0.150. The summed E-state index contributed by atoms with van der Waals surface area (Å²) >= 11 is 0. The Morgan fingerprint density at radius 3 is 2.26 bits per heavy atom.